The maximum atomic E-state index is 12.5. The summed E-state index contributed by atoms with van der Waals surface area (Å²) in [6.45, 7) is 2.31. The molecule has 0 aliphatic carbocycles. The molecule has 2 aromatic heterocycles. The zero-order valence-corrected chi connectivity index (χ0v) is 12.2. The highest BCUT2D eigenvalue weighted by Crippen LogP contribution is 2.21. The van der Waals surface area contributed by atoms with Gasteiger partial charge in [0, 0.05) is 30.6 Å². The van der Waals surface area contributed by atoms with Gasteiger partial charge in [0.2, 0.25) is 5.91 Å². The summed E-state index contributed by atoms with van der Waals surface area (Å²) < 4.78 is 4.92. The summed E-state index contributed by atoms with van der Waals surface area (Å²) in [5.41, 5.74) is 0.534. The SMILES string of the molecule is Cc1cc(NC(=O)[C@@H]2CCCN2C(=O)c2ccncc2)no1. The molecule has 2 aromatic rings. The molecule has 7 nitrogen and oxygen atoms in total. The smallest absolute Gasteiger partial charge is 0.254 e. The second-order valence-corrected chi connectivity index (χ2v) is 5.20. The molecule has 0 radical (unpaired) electrons. The third-order valence-corrected chi connectivity index (χ3v) is 3.62. The number of likely N-dealkylation sites (tertiary alicyclic amines) is 1. The molecule has 1 N–H and O–H groups in total. The second kappa shape index (κ2) is 5.97. The fraction of sp³-hybridized carbons (Fsp3) is 0.333. The van der Waals surface area contributed by atoms with Crippen LogP contribution in [0.4, 0.5) is 5.82 Å². The van der Waals surface area contributed by atoms with Crippen LogP contribution in [-0.2, 0) is 4.79 Å². The third kappa shape index (κ3) is 2.83. The minimum Gasteiger partial charge on any atom is -0.360 e. The maximum absolute atomic E-state index is 12.5. The number of hydrogen-bond acceptors (Lipinski definition) is 5. The van der Waals surface area contributed by atoms with Gasteiger partial charge in [-0.05, 0) is 31.9 Å². The first-order valence-corrected chi connectivity index (χ1v) is 7.10. The summed E-state index contributed by atoms with van der Waals surface area (Å²) in [5.74, 6) is 0.585. The Labute approximate surface area is 127 Å². The molecule has 1 aliphatic rings. The average molecular weight is 300 g/mol. The third-order valence-electron chi connectivity index (χ3n) is 3.62. The van der Waals surface area contributed by atoms with Gasteiger partial charge in [0.15, 0.2) is 5.82 Å². The molecule has 22 heavy (non-hydrogen) atoms. The summed E-state index contributed by atoms with van der Waals surface area (Å²) in [7, 11) is 0. The molecular formula is C15H16N4O3. The number of hydrogen-bond donors (Lipinski definition) is 1. The molecule has 114 valence electrons. The molecule has 1 fully saturated rings. The highest BCUT2D eigenvalue weighted by Gasteiger charge is 2.34. The van der Waals surface area contributed by atoms with Crippen molar-refractivity contribution in [2.24, 2.45) is 0 Å². The Balaban J connectivity index is 1.72. The van der Waals surface area contributed by atoms with Crippen molar-refractivity contribution >= 4 is 17.6 Å². The quantitative estimate of drug-likeness (QED) is 0.930. The van der Waals surface area contributed by atoms with E-state index in [-0.39, 0.29) is 11.8 Å². The van der Waals surface area contributed by atoms with Crippen LogP contribution in [-0.4, -0.2) is 39.4 Å². The lowest BCUT2D eigenvalue weighted by Crippen LogP contribution is -2.43. The zero-order chi connectivity index (χ0) is 15.5. The molecule has 2 amide bonds. The maximum Gasteiger partial charge on any atom is 0.254 e. The standard InChI is InChI=1S/C15H16N4O3/c1-10-9-13(18-22-10)17-14(20)12-3-2-8-19(12)15(21)11-4-6-16-7-5-11/h4-7,9,12H,2-3,8H2,1H3,(H,17,18,20)/t12-/m0/s1. The van der Waals surface area contributed by atoms with Crippen LogP contribution >= 0.6 is 0 Å². The lowest BCUT2D eigenvalue weighted by molar-refractivity contribution is -0.119. The molecule has 7 heteroatoms. The minimum atomic E-state index is -0.488. The Kier molecular flexibility index (Phi) is 3.86. The molecule has 1 saturated heterocycles. The van der Waals surface area contributed by atoms with E-state index in [2.05, 4.69) is 15.5 Å². The van der Waals surface area contributed by atoms with Crippen molar-refractivity contribution in [3.8, 4) is 0 Å². The Hall–Kier alpha value is -2.70. The Morgan fingerprint density at radius 3 is 2.82 bits per heavy atom. The van der Waals surface area contributed by atoms with Gasteiger partial charge < -0.3 is 14.7 Å². The van der Waals surface area contributed by atoms with E-state index in [0.29, 0.717) is 30.1 Å². The average Bonchev–Trinajstić information content (AvgIpc) is 3.16. The molecule has 0 bridgehead atoms. The van der Waals surface area contributed by atoms with Crippen LogP contribution in [0.5, 0.6) is 0 Å². The van der Waals surface area contributed by atoms with Crippen molar-refractivity contribution < 1.29 is 14.1 Å². The Morgan fingerprint density at radius 2 is 2.14 bits per heavy atom. The summed E-state index contributed by atoms with van der Waals surface area (Å²) in [4.78, 5) is 30.4. The fourth-order valence-corrected chi connectivity index (χ4v) is 2.58. The number of anilines is 1. The normalized spacial score (nSPS) is 17.5. The fourth-order valence-electron chi connectivity index (χ4n) is 2.58. The van der Waals surface area contributed by atoms with Crippen LogP contribution in [0.1, 0.15) is 29.0 Å². The molecule has 0 unspecified atom stereocenters. The number of pyridine rings is 1. The van der Waals surface area contributed by atoms with E-state index in [1.165, 1.54) is 0 Å². The number of nitrogens with zero attached hydrogens (tertiary/aromatic N) is 3. The Morgan fingerprint density at radius 1 is 1.36 bits per heavy atom. The van der Waals surface area contributed by atoms with Crippen LogP contribution in [0.2, 0.25) is 0 Å². The summed E-state index contributed by atoms with van der Waals surface area (Å²) in [6, 6.07) is 4.45. The van der Waals surface area contributed by atoms with Gasteiger partial charge in [0.25, 0.3) is 5.91 Å². The van der Waals surface area contributed by atoms with Gasteiger partial charge in [0.05, 0.1) is 0 Å². The van der Waals surface area contributed by atoms with Crippen molar-refractivity contribution in [1.82, 2.24) is 15.0 Å². The van der Waals surface area contributed by atoms with Gasteiger partial charge >= 0.3 is 0 Å². The van der Waals surface area contributed by atoms with Crippen LogP contribution in [0.25, 0.3) is 0 Å². The van der Waals surface area contributed by atoms with E-state index in [0.717, 1.165) is 6.42 Å². The van der Waals surface area contributed by atoms with E-state index in [1.807, 2.05) is 0 Å². The van der Waals surface area contributed by atoms with E-state index < -0.39 is 6.04 Å². The van der Waals surface area contributed by atoms with Crippen molar-refractivity contribution in [3.63, 3.8) is 0 Å². The number of carbonyl (C=O) groups is 2. The van der Waals surface area contributed by atoms with Crippen molar-refractivity contribution in [2.45, 2.75) is 25.8 Å². The zero-order valence-electron chi connectivity index (χ0n) is 12.2. The molecule has 0 aromatic carbocycles. The van der Waals surface area contributed by atoms with Gasteiger partial charge in [0.1, 0.15) is 11.8 Å². The van der Waals surface area contributed by atoms with Crippen LogP contribution < -0.4 is 5.32 Å². The van der Waals surface area contributed by atoms with Gasteiger partial charge in [-0.2, -0.15) is 0 Å². The van der Waals surface area contributed by atoms with Crippen molar-refractivity contribution in [2.75, 3.05) is 11.9 Å². The minimum absolute atomic E-state index is 0.156. The number of carbonyl (C=O) groups excluding carboxylic acids is 2. The molecule has 0 spiro atoms. The topological polar surface area (TPSA) is 88.3 Å². The van der Waals surface area contributed by atoms with E-state index >= 15 is 0 Å². The number of aromatic nitrogens is 2. The van der Waals surface area contributed by atoms with Gasteiger partial charge in [-0.3, -0.25) is 14.6 Å². The molecule has 0 saturated carbocycles. The number of aryl methyl sites for hydroxylation is 1. The molecule has 3 rings (SSSR count). The number of amides is 2. The first-order chi connectivity index (χ1) is 10.6. The van der Waals surface area contributed by atoms with Crippen molar-refractivity contribution in [3.05, 3.63) is 41.9 Å². The number of rotatable bonds is 3. The van der Waals surface area contributed by atoms with Crippen LogP contribution in [0.3, 0.4) is 0 Å². The van der Waals surface area contributed by atoms with E-state index in [9.17, 15) is 9.59 Å². The Bertz CT molecular complexity index is 683. The predicted molar refractivity (Wildman–Crippen MR) is 78.2 cm³/mol. The van der Waals surface area contributed by atoms with Gasteiger partial charge in [-0.15, -0.1) is 0 Å². The summed E-state index contributed by atoms with van der Waals surface area (Å²) in [5, 5.41) is 6.43. The van der Waals surface area contributed by atoms with Gasteiger partial charge in [-0.25, -0.2) is 0 Å². The molecule has 1 atom stereocenters. The second-order valence-electron chi connectivity index (χ2n) is 5.20. The lowest BCUT2D eigenvalue weighted by atomic mass is 10.2. The largest absolute Gasteiger partial charge is 0.360 e. The van der Waals surface area contributed by atoms with E-state index in [1.54, 1.807) is 42.4 Å². The summed E-state index contributed by atoms with van der Waals surface area (Å²) in [6.07, 6.45) is 4.57. The van der Waals surface area contributed by atoms with Gasteiger partial charge in [-0.1, -0.05) is 5.16 Å². The molecular weight excluding hydrogens is 284 g/mol. The van der Waals surface area contributed by atoms with Crippen LogP contribution in [0.15, 0.2) is 35.1 Å². The lowest BCUT2D eigenvalue weighted by Gasteiger charge is -2.23. The van der Waals surface area contributed by atoms with Crippen LogP contribution in [0, 0.1) is 6.92 Å². The highest BCUT2D eigenvalue weighted by atomic mass is 16.5. The van der Waals surface area contributed by atoms with E-state index in [4.69, 9.17) is 4.52 Å². The summed E-state index contributed by atoms with van der Waals surface area (Å²) >= 11 is 0. The first kappa shape index (κ1) is 14.2. The molecule has 1 aliphatic heterocycles. The monoisotopic (exact) mass is 300 g/mol. The molecule has 3 heterocycles. The predicted octanol–water partition coefficient (Wildman–Crippen LogP) is 1.62. The first-order valence-electron chi connectivity index (χ1n) is 7.10. The highest BCUT2D eigenvalue weighted by molar-refractivity contribution is 6.01. The number of nitrogens with one attached hydrogen (secondary N) is 1. The van der Waals surface area contributed by atoms with Crippen molar-refractivity contribution in [1.29, 1.82) is 0 Å².